The summed E-state index contributed by atoms with van der Waals surface area (Å²) in [6.45, 7) is 1.94. The van der Waals surface area contributed by atoms with Gasteiger partial charge in [0.05, 0.1) is 23.4 Å². The summed E-state index contributed by atoms with van der Waals surface area (Å²) < 4.78 is 1.62. The zero-order valence-electron chi connectivity index (χ0n) is 11.7. The van der Waals surface area contributed by atoms with Gasteiger partial charge in [-0.15, -0.1) is 0 Å². The minimum Gasteiger partial charge on any atom is -0.481 e. The molecule has 0 saturated heterocycles. The third-order valence-electron chi connectivity index (χ3n) is 3.15. The maximum atomic E-state index is 11.9. The zero-order chi connectivity index (χ0) is 15.2. The van der Waals surface area contributed by atoms with Crippen LogP contribution in [-0.4, -0.2) is 33.3 Å². The van der Waals surface area contributed by atoms with Crippen LogP contribution >= 0.6 is 0 Å². The molecule has 1 amide bonds. The van der Waals surface area contributed by atoms with Crippen molar-refractivity contribution in [2.45, 2.75) is 13.3 Å². The molecule has 110 valence electrons. The molecule has 2 N–H and O–H groups in total. The van der Waals surface area contributed by atoms with Crippen LogP contribution in [0.15, 0.2) is 42.7 Å². The largest absolute Gasteiger partial charge is 0.481 e. The van der Waals surface area contributed by atoms with Crippen molar-refractivity contribution in [3.63, 3.8) is 0 Å². The number of carboxylic acid groups (broad SMARTS) is 1. The molecule has 0 fully saturated rings. The summed E-state index contributed by atoms with van der Waals surface area (Å²) in [4.78, 5) is 22.6. The van der Waals surface area contributed by atoms with E-state index in [0.717, 1.165) is 5.69 Å². The molecule has 1 unspecified atom stereocenters. The number of nitrogens with one attached hydrogen (secondary N) is 1. The molecule has 0 aliphatic rings. The van der Waals surface area contributed by atoms with E-state index in [0.29, 0.717) is 18.5 Å². The first-order valence-corrected chi connectivity index (χ1v) is 6.69. The third kappa shape index (κ3) is 3.92. The van der Waals surface area contributed by atoms with Crippen molar-refractivity contribution in [2.75, 3.05) is 6.54 Å². The summed E-state index contributed by atoms with van der Waals surface area (Å²) in [6.07, 6.45) is 3.53. The normalized spacial score (nSPS) is 11.9. The molecule has 1 aromatic carbocycles. The van der Waals surface area contributed by atoms with Crippen LogP contribution in [0.2, 0.25) is 0 Å². The fourth-order valence-corrected chi connectivity index (χ4v) is 1.79. The van der Waals surface area contributed by atoms with E-state index in [-0.39, 0.29) is 5.91 Å². The molecule has 0 aliphatic carbocycles. The standard InChI is InChI=1S/C15H17N3O3/c1-11(15(20)21)7-8-16-14(19)12-9-17-18(10-12)13-5-3-2-4-6-13/h2-6,9-11H,7-8H2,1H3,(H,16,19)(H,20,21). The van der Waals surface area contributed by atoms with Gasteiger partial charge in [-0.2, -0.15) is 5.10 Å². The van der Waals surface area contributed by atoms with E-state index in [9.17, 15) is 9.59 Å². The Morgan fingerprint density at radius 1 is 1.33 bits per heavy atom. The summed E-state index contributed by atoms with van der Waals surface area (Å²) in [5, 5.41) is 15.6. The van der Waals surface area contributed by atoms with Crippen LogP contribution in [0.3, 0.4) is 0 Å². The average Bonchev–Trinajstić information content (AvgIpc) is 2.97. The van der Waals surface area contributed by atoms with Gasteiger partial charge in [-0.05, 0) is 18.6 Å². The lowest BCUT2D eigenvalue weighted by Crippen LogP contribution is -2.26. The summed E-state index contributed by atoms with van der Waals surface area (Å²) in [5.41, 5.74) is 1.32. The molecule has 0 spiro atoms. The quantitative estimate of drug-likeness (QED) is 0.847. The molecular formula is C15H17N3O3. The average molecular weight is 287 g/mol. The molecule has 1 aromatic heterocycles. The molecule has 6 heteroatoms. The second-order valence-electron chi connectivity index (χ2n) is 4.79. The van der Waals surface area contributed by atoms with Crippen LogP contribution in [0.5, 0.6) is 0 Å². The molecule has 2 rings (SSSR count). The SMILES string of the molecule is CC(CCNC(=O)c1cnn(-c2ccccc2)c1)C(=O)O. The van der Waals surface area contributed by atoms with Crippen LogP contribution in [0, 0.1) is 5.92 Å². The van der Waals surface area contributed by atoms with E-state index >= 15 is 0 Å². The lowest BCUT2D eigenvalue weighted by molar-refractivity contribution is -0.141. The number of hydrogen-bond acceptors (Lipinski definition) is 3. The molecule has 0 aliphatic heterocycles. The molecule has 0 saturated carbocycles. The van der Waals surface area contributed by atoms with Crippen molar-refractivity contribution in [1.29, 1.82) is 0 Å². The summed E-state index contributed by atoms with van der Waals surface area (Å²) >= 11 is 0. The van der Waals surface area contributed by atoms with Crippen molar-refractivity contribution in [3.05, 3.63) is 48.3 Å². The van der Waals surface area contributed by atoms with E-state index < -0.39 is 11.9 Å². The van der Waals surface area contributed by atoms with Gasteiger partial charge >= 0.3 is 5.97 Å². The number of carbonyl (C=O) groups is 2. The second kappa shape index (κ2) is 6.69. The Labute approximate surface area is 122 Å². The van der Waals surface area contributed by atoms with Crippen molar-refractivity contribution in [2.24, 2.45) is 5.92 Å². The predicted molar refractivity (Wildman–Crippen MR) is 77.3 cm³/mol. The Morgan fingerprint density at radius 3 is 2.71 bits per heavy atom. The van der Waals surface area contributed by atoms with Gasteiger partial charge in [0.15, 0.2) is 0 Å². The Morgan fingerprint density at radius 2 is 2.05 bits per heavy atom. The van der Waals surface area contributed by atoms with Gasteiger partial charge in [0.25, 0.3) is 5.91 Å². The van der Waals surface area contributed by atoms with Gasteiger partial charge in [0.2, 0.25) is 0 Å². The fraction of sp³-hybridized carbons (Fsp3) is 0.267. The van der Waals surface area contributed by atoms with Crippen LogP contribution in [0.4, 0.5) is 0 Å². The first-order chi connectivity index (χ1) is 10.1. The Hall–Kier alpha value is -2.63. The number of carboxylic acids is 1. The number of benzene rings is 1. The number of carbonyl (C=O) groups excluding carboxylic acids is 1. The Balaban J connectivity index is 1.92. The van der Waals surface area contributed by atoms with E-state index in [2.05, 4.69) is 10.4 Å². The zero-order valence-corrected chi connectivity index (χ0v) is 11.7. The highest BCUT2D eigenvalue weighted by molar-refractivity contribution is 5.93. The van der Waals surface area contributed by atoms with Crippen LogP contribution < -0.4 is 5.32 Å². The minimum atomic E-state index is -0.860. The van der Waals surface area contributed by atoms with Crippen molar-refractivity contribution >= 4 is 11.9 Å². The number of amides is 1. The number of rotatable bonds is 6. The molecule has 0 radical (unpaired) electrons. The lowest BCUT2D eigenvalue weighted by Gasteiger charge is -2.06. The van der Waals surface area contributed by atoms with Gasteiger partial charge < -0.3 is 10.4 Å². The van der Waals surface area contributed by atoms with Crippen molar-refractivity contribution < 1.29 is 14.7 Å². The maximum absolute atomic E-state index is 11.9. The Bertz CT molecular complexity index is 622. The number of para-hydroxylation sites is 1. The molecule has 0 bridgehead atoms. The van der Waals surface area contributed by atoms with E-state index in [4.69, 9.17) is 5.11 Å². The molecule has 6 nitrogen and oxygen atoms in total. The van der Waals surface area contributed by atoms with Crippen molar-refractivity contribution in [1.82, 2.24) is 15.1 Å². The maximum Gasteiger partial charge on any atom is 0.306 e. The highest BCUT2D eigenvalue weighted by Gasteiger charge is 2.12. The van der Waals surface area contributed by atoms with Gasteiger partial charge in [0.1, 0.15) is 0 Å². The Kier molecular flexibility index (Phi) is 4.71. The lowest BCUT2D eigenvalue weighted by atomic mass is 10.1. The highest BCUT2D eigenvalue weighted by Crippen LogP contribution is 2.07. The third-order valence-corrected chi connectivity index (χ3v) is 3.15. The van der Waals surface area contributed by atoms with Gasteiger partial charge in [0, 0.05) is 12.7 Å². The van der Waals surface area contributed by atoms with Crippen LogP contribution in [0.25, 0.3) is 5.69 Å². The molecule has 1 atom stereocenters. The molecule has 1 heterocycles. The number of aromatic nitrogens is 2. The number of aliphatic carboxylic acids is 1. The summed E-state index contributed by atoms with van der Waals surface area (Å²) in [6, 6.07) is 9.48. The first-order valence-electron chi connectivity index (χ1n) is 6.69. The topological polar surface area (TPSA) is 84.2 Å². The van der Waals surface area contributed by atoms with E-state index in [1.165, 1.54) is 6.20 Å². The van der Waals surface area contributed by atoms with Crippen LogP contribution in [-0.2, 0) is 4.79 Å². The molecule has 21 heavy (non-hydrogen) atoms. The first kappa shape index (κ1) is 14.8. The van der Waals surface area contributed by atoms with Gasteiger partial charge in [-0.25, -0.2) is 4.68 Å². The predicted octanol–water partition coefficient (Wildman–Crippen LogP) is 1.71. The monoisotopic (exact) mass is 287 g/mol. The smallest absolute Gasteiger partial charge is 0.306 e. The van der Waals surface area contributed by atoms with Gasteiger partial charge in [-0.3, -0.25) is 9.59 Å². The van der Waals surface area contributed by atoms with Crippen molar-refractivity contribution in [3.8, 4) is 5.69 Å². The number of hydrogen-bond donors (Lipinski definition) is 2. The fourth-order valence-electron chi connectivity index (χ4n) is 1.79. The molecule has 2 aromatic rings. The van der Waals surface area contributed by atoms with Gasteiger partial charge in [-0.1, -0.05) is 25.1 Å². The second-order valence-corrected chi connectivity index (χ2v) is 4.79. The summed E-state index contributed by atoms with van der Waals surface area (Å²) in [5.74, 6) is -1.59. The molecular weight excluding hydrogens is 270 g/mol. The van der Waals surface area contributed by atoms with E-state index in [1.54, 1.807) is 17.8 Å². The minimum absolute atomic E-state index is 0.255. The number of nitrogens with zero attached hydrogens (tertiary/aromatic N) is 2. The van der Waals surface area contributed by atoms with Crippen LogP contribution in [0.1, 0.15) is 23.7 Å². The summed E-state index contributed by atoms with van der Waals surface area (Å²) in [7, 11) is 0. The van der Waals surface area contributed by atoms with E-state index in [1.807, 2.05) is 30.3 Å². The highest BCUT2D eigenvalue weighted by atomic mass is 16.4.